The molecule has 0 aromatic heterocycles. The van der Waals surface area contributed by atoms with Crippen molar-refractivity contribution in [3.63, 3.8) is 0 Å². The van der Waals surface area contributed by atoms with Crippen LogP contribution in [0.4, 0.5) is 34.1 Å². The molecule has 0 saturated carbocycles. The monoisotopic (exact) mass is 778 g/mol. The van der Waals surface area contributed by atoms with Crippen molar-refractivity contribution in [2.24, 2.45) is 0 Å². The molecule has 0 aliphatic heterocycles. The molecule has 0 fully saturated rings. The largest absolute Gasteiger partial charge is 0.310 e. The van der Waals surface area contributed by atoms with Crippen LogP contribution in [-0.2, 0) is 5.41 Å². The average Bonchev–Trinajstić information content (AvgIpc) is 3.76. The molecular formula is C59H42N2. The van der Waals surface area contributed by atoms with Crippen molar-refractivity contribution in [2.75, 3.05) is 9.80 Å². The van der Waals surface area contributed by atoms with Gasteiger partial charge in [-0.25, -0.2) is 0 Å². The van der Waals surface area contributed by atoms with E-state index in [2.05, 4.69) is 242 Å². The highest BCUT2D eigenvalue weighted by atomic mass is 15.1. The van der Waals surface area contributed by atoms with Crippen LogP contribution in [0.1, 0.15) is 33.4 Å². The van der Waals surface area contributed by atoms with Crippen molar-refractivity contribution in [3.05, 3.63) is 252 Å². The maximum Gasteiger partial charge on any atom is 0.0725 e. The van der Waals surface area contributed by atoms with Crippen molar-refractivity contribution in [1.29, 1.82) is 0 Å². The van der Waals surface area contributed by atoms with E-state index in [1.54, 1.807) is 0 Å². The summed E-state index contributed by atoms with van der Waals surface area (Å²) in [5.41, 5.74) is 19.5. The Morgan fingerprint density at radius 3 is 1.11 bits per heavy atom. The SMILES string of the molecule is Cc1ccccc1N(c1ccccc1)c1ccc2cc3c(cc2c1)C1(c2ccccc2-c2ccccc21)c1cc2cc(N(c4ccccc4)c4ccccc4C)ccc2cc1-3. The van der Waals surface area contributed by atoms with Crippen LogP contribution in [0.5, 0.6) is 0 Å². The average molecular weight is 779 g/mol. The normalized spacial score (nSPS) is 12.9. The number of hydrogen-bond acceptors (Lipinski definition) is 2. The Labute approximate surface area is 357 Å². The van der Waals surface area contributed by atoms with Gasteiger partial charge in [0.1, 0.15) is 0 Å². The first-order valence-electron chi connectivity index (χ1n) is 21.3. The zero-order chi connectivity index (χ0) is 40.7. The van der Waals surface area contributed by atoms with Gasteiger partial charge in [0.05, 0.1) is 5.41 Å². The minimum Gasteiger partial charge on any atom is -0.310 e. The van der Waals surface area contributed by atoms with E-state index in [9.17, 15) is 0 Å². The Kier molecular flexibility index (Phi) is 7.92. The van der Waals surface area contributed by atoms with E-state index in [1.165, 1.54) is 88.6 Å². The summed E-state index contributed by atoms with van der Waals surface area (Å²) in [6.07, 6.45) is 0. The second-order valence-electron chi connectivity index (χ2n) is 16.6. The van der Waals surface area contributed by atoms with E-state index >= 15 is 0 Å². The Morgan fingerprint density at radius 2 is 0.672 bits per heavy atom. The van der Waals surface area contributed by atoms with Crippen LogP contribution in [0.2, 0.25) is 0 Å². The molecule has 2 aliphatic rings. The molecule has 0 atom stereocenters. The quantitative estimate of drug-likeness (QED) is 0.166. The number of hydrogen-bond donors (Lipinski definition) is 0. The minimum atomic E-state index is -0.490. The number of fused-ring (bicyclic) bond motifs is 12. The first-order chi connectivity index (χ1) is 30.1. The van der Waals surface area contributed by atoms with Crippen molar-refractivity contribution < 1.29 is 0 Å². The molecule has 2 aliphatic carbocycles. The van der Waals surface area contributed by atoms with Crippen LogP contribution in [-0.4, -0.2) is 0 Å². The molecule has 0 unspecified atom stereocenters. The van der Waals surface area contributed by atoms with Gasteiger partial charge in [0, 0.05) is 34.1 Å². The third kappa shape index (κ3) is 5.29. The molecule has 2 heteroatoms. The maximum atomic E-state index is 2.51. The molecule has 0 radical (unpaired) electrons. The fourth-order valence-corrected chi connectivity index (χ4v) is 10.5. The van der Waals surface area contributed by atoms with Crippen molar-refractivity contribution in [1.82, 2.24) is 0 Å². The van der Waals surface area contributed by atoms with Crippen LogP contribution < -0.4 is 9.80 Å². The van der Waals surface area contributed by atoms with Crippen LogP contribution in [0.25, 0.3) is 43.8 Å². The third-order valence-electron chi connectivity index (χ3n) is 13.2. The van der Waals surface area contributed by atoms with Gasteiger partial charge in [-0.15, -0.1) is 0 Å². The summed E-state index contributed by atoms with van der Waals surface area (Å²) >= 11 is 0. The molecular weight excluding hydrogens is 737 g/mol. The Balaban J connectivity index is 1.11. The Bertz CT molecular complexity index is 3120. The fourth-order valence-electron chi connectivity index (χ4n) is 10.5. The lowest BCUT2D eigenvalue weighted by atomic mass is 9.70. The molecule has 2 nitrogen and oxygen atoms in total. The first kappa shape index (κ1) is 35.3. The molecule has 0 bridgehead atoms. The summed E-state index contributed by atoms with van der Waals surface area (Å²) in [6, 6.07) is 81.0. The second kappa shape index (κ2) is 13.7. The molecule has 288 valence electrons. The number of nitrogens with zero attached hydrogens (tertiary/aromatic N) is 2. The summed E-state index contributed by atoms with van der Waals surface area (Å²) in [7, 11) is 0. The highest BCUT2D eigenvalue weighted by Crippen LogP contribution is 2.64. The van der Waals surface area contributed by atoms with E-state index in [4.69, 9.17) is 0 Å². The number of rotatable bonds is 6. The Morgan fingerprint density at radius 1 is 0.279 bits per heavy atom. The number of aryl methyl sites for hydroxylation is 2. The molecule has 0 N–H and O–H groups in total. The van der Waals surface area contributed by atoms with Gasteiger partial charge in [0.25, 0.3) is 0 Å². The number of anilines is 6. The molecule has 12 rings (SSSR count). The van der Waals surface area contributed by atoms with Crippen molar-refractivity contribution >= 4 is 55.7 Å². The van der Waals surface area contributed by atoms with Gasteiger partial charge in [-0.05, 0) is 176 Å². The molecule has 0 amide bonds. The summed E-state index contributed by atoms with van der Waals surface area (Å²) < 4.78 is 0. The highest BCUT2D eigenvalue weighted by molar-refractivity contribution is 6.04. The summed E-state index contributed by atoms with van der Waals surface area (Å²) in [5.74, 6) is 0. The zero-order valence-corrected chi connectivity index (χ0v) is 34.2. The van der Waals surface area contributed by atoms with Crippen molar-refractivity contribution in [3.8, 4) is 22.3 Å². The lowest BCUT2D eigenvalue weighted by Gasteiger charge is -2.31. The maximum absolute atomic E-state index is 2.51. The van der Waals surface area contributed by atoms with Gasteiger partial charge in [-0.1, -0.05) is 133 Å². The smallest absolute Gasteiger partial charge is 0.0725 e. The second-order valence-corrected chi connectivity index (χ2v) is 16.6. The lowest BCUT2D eigenvalue weighted by molar-refractivity contribution is 0.796. The molecule has 61 heavy (non-hydrogen) atoms. The van der Waals surface area contributed by atoms with Crippen LogP contribution in [0, 0.1) is 13.8 Å². The van der Waals surface area contributed by atoms with Crippen LogP contribution in [0.3, 0.4) is 0 Å². The van der Waals surface area contributed by atoms with E-state index < -0.39 is 5.41 Å². The predicted octanol–water partition coefficient (Wildman–Crippen LogP) is 15.9. The third-order valence-corrected chi connectivity index (χ3v) is 13.2. The lowest BCUT2D eigenvalue weighted by Crippen LogP contribution is -2.25. The van der Waals surface area contributed by atoms with Gasteiger partial charge in [0.2, 0.25) is 0 Å². The fraction of sp³-hybridized carbons (Fsp3) is 0.0508. The topological polar surface area (TPSA) is 6.48 Å². The van der Waals surface area contributed by atoms with E-state index in [0.717, 1.165) is 22.7 Å². The molecule has 0 heterocycles. The highest BCUT2D eigenvalue weighted by Gasteiger charge is 2.51. The molecule has 10 aromatic carbocycles. The minimum absolute atomic E-state index is 0.490. The van der Waals surface area contributed by atoms with Gasteiger partial charge in [0.15, 0.2) is 0 Å². The standard InChI is InChI=1S/C59H42N2/c1-39-17-9-15-27-57(39)60(45-19-5-3-6-20-45)47-31-29-41-35-51-52-36-42-30-32-48(61(46-21-7-4-8-22-46)58-28-16-10-18-40(58)2)34-44(42)38-56(52)59(55(51)37-43(41)33-47)53-25-13-11-23-49(53)50-24-12-14-26-54(50)59/h3-38H,1-2H3. The summed E-state index contributed by atoms with van der Waals surface area (Å²) in [6.45, 7) is 4.40. The predicted molar refractivity (Wildman–Crippen MR) is 257 cm³/mol. The van der Waals surface area contributed by atoms with Gasteiger partial charge in [-0.3, -0.25) is 0 Å². The zero-order valence-electron chi connectivity index (χ0n) is 34.2. The van der Waals surface area contributed by atoms with Crippen LogP contribution >= 0.6 is 0 Å². The van der Waals surface area contributed by atoms with Crippen LogP contribution in [0.15, 0.2) is 218 Å². The summed E-state index contributed by atoms with van der Waals surface area (Å²) in [5, 5.41) is 4.91. The van der Waals surface area contributed by atoms with Gasteiger partial charge >= 0.3 is 0 Å². The van der Waals surface area contributed by atoms with Crippen molar-refractivity contribution in [2.45, 2.75) is 19.3 Å². The molecule has 1 spiro atoms. The molecule has 10 aromatic rings. The van der Waals surface area contributed by atoms with Gasteiger partial charge in [-0.2, -0.15) is 0 Å². The van der Waals surface area contributed by atoms with E-state index in [-0.39, 0.29) is 0 Å². The van der Waals surface area contributed by atoms with Gasteiger partial charge < -0.3 is 9.80 Å². The van der Waals surface area contributed by atoms with E-state index in [1.807, 2.05) is 0 Å². The summed E-state index contributed by atoms with van der Waals surface area (Å²) in [4.78, 5) is 4.79. The number of para-hydroxylation sites is 4. The van der Waals surface area contributed by atoms with E-state index in [0.29, 0.717) is 0 Å². The Hall–Kier alpha value is -7.68. The molecule has 0 saturated heterocycles. The number of benzene rings is 10. The first-order valence-corrected chi connectivity index (χ1v) is 21.3.